The molecule has 0 aliphatic carbocycles. The van der Waals surface area contributed by atoms with Crippen LogP contribution in [-0.4, -0.2) is 46.3 Å². The number of hydrogen-bond acceptors (Lipinski definition) is 5. The summed E-state index contributed by atoms with van der Waals surface area (Å²) in [6.07, 6.45) is 4.42. The Kier molecular flexibility index (Phi) is 6.43. The van der Waals surface area contributed by atoms with Gasteiger partial charge in [0, 0.05) is 52.9 Å². The summed E-state index contributed by atoms with van der Waals surface area (Å²) in [6, 6.07) is 12.6. The normalized spacial score (nSPS) is 17.1. The van der Waals surface area contributed by atoms with Crippen LogP contribution >= 0.6 is 23.2 Å². The van der Waals surface area contributed by atoms with E-state index in [0.29, 0.717) is 34.5 Å². The lowest BCUT2D eigenvalue weighted by Gasteiger charge is -2.37. The lowest BCUT2D eigenvalue weighted by atomic mass is 9.92. The van der Waals surface area contributed by atoms with Crippen LogP contribution in [0.2, 0.25) is 10.0 Å². The Balaban J connectivity index is 1.78. The maximum atomic E-state index is 11.6. The van der Waals surface area contributed by atoms with E-state index in [1.807, 2.05) is 24.3 Å². The van der Waals surface area contributed by atoms with Gasteiger partial charge in [0.25, 0.3) is 0 Å². The van der Waals surface area contributed by atoms with E-state index in [-0.39, 0.29) is 6.04 Å². The minimum Gasteiger partial charge on any atom is -0.386 e. The number of aliphatic hydroxyl groups is 1. The van der Waals surface area contributed by atoms with E-state index in [1.54, 1.807) is 36.8 Å². The van der Waals surface area contributed by atoms with E-state index in [4.69, 9.17) is 27.9 Å². The Bertz CT molecular complexity index is 945. The van der Waals surface area contributed by atoms with E-state index in [2.05, 4.69) is 14.9 Å². The molecule has 0 unspecified atom stereocenters. The molecule has 0 spiro atoms. The number of ether oxygens (including phenoxy) is 1. The van der Waals surface area contributed by atoms with Crippen LogP contribution in [0.15, 0.2) is 61.1 Å². The fourth-order valence-corrected chi connectivity index (χ4v) is 4.28. The van der Waals surface area contributed by atoms with Gasteiger partial charge < -0.3 is 9.84 Å². The molecule has 2 atom stereocenters. The quantitative estimate of drug-likeness (QED) is 0.643. The lowest BCUT2D eigenvalue weighted by molar-refractivity contribution is -0.0238. The monoisotopic (exact) mass is 429 g/mol. The van der Waals surface area contributed by atoms with Gasteiger partial charge in [-0.05, 0) is 35.9 Å². The molecule has 0 amide bonds. The predicted octanol–water partition coefficient (Wildman–Crippen LogP) is 4.56. The number of halogens is 2. The molecule has 1 aliphatic heterocycles. The van der Waals surface area contributed by atoms with E-state index in [0.717, 1.165) is 24.2 Å². The van der Waals surface area contributed by atoms with E-state index in [9.17, 15) is 5.11 Å². The standard InChI is InChI=1S/C22H21Cl2N3O2/c23-17-11-16(12-18(24)13-17)20-19(4-2-6-26-20)22(28)21(15-3-1-5-25-14-15)27-7-9-29-10-8-27/h1-6,11-14,21-22,28H,7-10H2/t21-,22-/m1/s1. The van der Waals surface area contributed by atoms with Crippen molar-refractivity contribution in [1.82, 2.24) is 14.9 Å². The third-order valence-electron chi connectivity index (χ3n) is 5.06. The Morgan fingerprint density at radius 3 is 2.41 bits per heavy atom. The van der Waals surface area contributed by atoms with E-state index >= 15 is 0 Å². The zero-order valence-electron chi connectivity index (χ0n) is 15.7. The molecule has 1 aromatic carbocycles. The third kappa shape index (κ3) is 4.60. The maximum absolute atomic E-state index is 11.6. The molecule has 0 bridgehead atoms. The molecule has 29 heavy (non-hydrogen) atoms. The number of nitrogens with zero attached hydrogens (tertiary/aromatic N) is 3. The molecule has 1 saturated heterocycles. The Morgan fingerprint density at radius 1 is 1.00 bits per heavy atom. The number of benzene rings is 1. The van der Waals surface area contributed by atoms with Crippen LogP contribution in [0.4, 0.5) is 0 Å². The van der Waals surface area contributed by atoms with Gasteiger partial charge in [-0.15, -0.1) is 0 Å². The summed E-state index contributed by atoms with van der Waals surface area (Å²) in [6.45, 7) is 2.73. The van der Waals surface area contributed by atoms with Crippen LogP contribution < -0.4 is 0 Å². The molecule has 1 fully saturated rings. The predicted molar refractivity (Wildman–Crippen MR) is 114 cm³/mol. The first-order valence-corrected chi connectivity index (χ1v) is 10.2. The van der Waals surface area contributed by atoms with Crippen LogP contribution in [0, 0.1) is 0 Å². The third-order valence-corrected chi connectivity index (χ3v) is 5.49. The molecule has 3 heterocycles. The first-order valence-electron chi connectivity index (χ1n) is 9.44. The Morgan fingerprint density at radius 2 is 1.72 bits per heavy atom. The van der Waals surface area contributed by atoms with Gasteiger partial charge >= 0.3 is 0 Å². The second-order valence-electron chi connectivity index (χ2n) is 6.92. The number of aliphatic hydroxyl groups excluding tert-OH is 1. The molecular weight excluding hydrogens is 409 g/mol. The van der Waals surface area contributed by atoms with Crippen molar-refractivity contribution in [3.63, 3.8) is 0 Å². The first-order chi connectivity index (χ1) is 14.1. The number of pyridine rings is 2. The molecule has 3 aromatic rings. The summed E-state index contributed by atoms with van der Waals surface area (Å²) in [4.78, 5) is 11.0. The Labute approximate surface area is 179 Å². The highest BCUT2D eigenvalue weighted by Gasteiger charge is 2.32. The smallest absolute Gasteiger partial charge is 0.101 e. The lowest BCUT2D eigenvalue weighted by Crippen LogP contribution is -2.41. The molecule has 0 radical (unpaired) electrons. The summed E-state index contributed by atoms with van der Waals surface area (Å²) in [5.41, 5.74) is 3.09. The molecule has 1 aliphatic rings. The second-order valence-corrected chi connectivity index (χ2v) is 7.80. The van der Waals surface area contributed by atoms with E-state index < -0.39 is 6.10 Å². The summed E-state index contributed by atoms with van der Waals surface area (Å²) < 4.78 is 5.51. The van der Waals surface area contributed by atoms with Gasteiger partial charge in [-0.3, -0.25) is 14.9 Å². The highest BCUT2D eigenvalue weighted by Crippen LogP contribution is 2.38. The van der Waals surface area contributed by atoms with Crippen molar-refractivity contribution in [3.05, 3.63) is 82.2 Å². The van der Waals surface area contributed by atoms with Crippen molar-refractivity contribution in [2.45, 2.75) is 12.1 Å². The fraction of sp³-hybridized carbons (Fsp3) is 0.273. The Hall–Kier alpha value is -2.02. The van der Waals surface area contributed by atoms with Crippen molar-refractivity contribution in [2.75, 3.05) is 26.3 Å². The summed E-state index contributed by atoms with van der Waals surface area (Å²) in [5, 5.41) is 12.6. The van der Waals surface area contributed by atoms with Gasteiger partial charge in [-0.2, -0.15) is 0 Å². The van der Waals surface area contributed by atoms with Gasteiger partial charge in [0.15, 0.2) is 0 Å². The average molecular weight is 430 g/mol. The number of morpholine rings is 1. The number of rotatable bonds is 5. The van der Waals surface area contributed by atoms with Crippen LogP contribution in [0.3, 0.4) is 0 Å². The minimum absolute atomic E-state index is 0.273. The average Bonchev–Trinajstić information content (AvgIpc) is 2.75. The highest BCUT2D eigenvalue weighted by molar-refractivity contribution is 6.35. The summed E-state index contributed by atoms with van der Waals surface area (Å²) in [5.74, 6) is 0. The topological polar surface area (TPSA) is 58.5 Å². The molecule has 1 N–H and O–H groups in total. The number of hydrogen-bond donors (Lipinski definition) is 1. The SMILES string of the molecule is O[C@H](c1cccnc1-c1cc(Cl)cc(Cl)c1)[C@@H](c1cccnc1)N1CCOCC1. The number of aromatic nitrogens is 2. The van der Waals surface area contributed by atoms with Gasteiger partial charge in [0.05, 0.1) is 24.9 Å². The first kappa shape index (κ1) is 20.3. The van der Waals surface area contributed by atoms with Gasteiger partial charge in [-0.25, -0.2) is 0 Å². The second kappa shape index (κ2) is 9.20. The van der Waals surface area contributed by atoms with Crippen molar-refractivity contribution < 1.29 is 9.84 Å². The molecule has 4 rings (SSSR count). The van der Waals surface area contributed by atoms with Gasteiger partial charge in [0.2, 0.25) is 0 Å². The molecule has 5 nitrogen and oxygen atoms in total. The highest BCUT2D eigenvalue weighted by atomic mass is 35.5. The van der Waals surface area contributed by atoms with Crippen LogP contribution in [0.25, 0.3) is 11.3 Å². The summed E-state index contributed by atoms with van der Waals surface area (Å²) in [7, 11) is 0. The zero-order chi connectivity index (χ0) is 20.2. The molecule has 2 aromatic heterocycles. The van der Waals surface area contributed by atoms with Crippen molar-refractivity contribution in [2.24, 2.45) is 0 Å². The van der Waals surface area contributed by atoms with Gasteiger partial charge in [0.1, 0.15) is 6.10 Å². The van der Waals surface area contributed by atoms with E-state index in [1.165, 1.54) is 0 Å². The van der Waals surface area contributed by atoms with Crippen molar-refractivity contribution in [3.8, 4) is 11.3 Å². The van der Waals surface area contributed by atoms with Crippen LogP contribution in [-0.2, 0) is 4.74 Å². The van der Waals surface area contributed by atoms with Gasteiger partial charge in [-0.1, -0.05) is 35.3 Å². The maximum Gasteiger partial charge on any atom is 0.101 e. The van der Waals surface area contributed by atoms with Crippen molar-refractivity contribution >= 4 is 23.2 Å². The fourth-order valence-electron chi connectivity index (χ4n) is 3.76. The minimum atomic E-state index is -0.821. The molecule has 0 saturated carbocycles. The summed E-state index contributed by atoms with van der Waals surface area (Å²) >= 11 is 12.4. The van der Waals surface area contributed by atoms with Crippen LogP contribution in [0.5, 0.6) is 0 Å². The molecule has 150 valence electrons. The molecule has 7 heteroatoms. The van der Waals surface area contributed by atoms with Crippen molar-refractivity contribution in [1.29, 1.82) is 0 Å². The van der Waals surface area contributed by atoms with Crippen LogP contribution in [0.1, 0.15) is 23.3 Å². The molecular formula is C22H21Cl2N3O2. The largest absolute Gasteiger partial charge is 0.386 e. The zero-order valence-corrected chi connectivity index (χ0v) is 17.2.